The first-order valence-corrected chi connectivity index (χ1v) is 12.2. The van der Waals surface area contributed by atoms with E-state index in [0.29, 0.717) is 32.8 Å². The number of amides is 2. The van der Waals surface area contributed by atoms with Crippen LogP contribution in [0.5, 0.6) is 0 Å². The lowest BCUT2D eigenvalue weighted by atomic mass is 9.90. The molecule has 33 heavy (non-hydrogen) atoms. The average Bonchev–Trinajstić information content (AvgIpc) is 3.63. The van der Waals surface area contributed by atoms with Crippen molar-refractivity contribution in [1.29, 1.82) is 0 Å². The second kappa shape index (κ2) is 10.8. The highest BCUT2D eigenvalue weighted by molar-refractivity contribution is 5.78. The third kappa shape index (κ3) is 6.05. The SMILES string of the molecule is COCC(CCN1CCC2(CC2)[C@H](O)C1)N1CCN(C(=O)OCc2ccccc2)CCC1=O. The molecule has 1 aromatic rings. The molecule has 3 aliphatic rings. The van der Waals surface area contributed by atoms with Crippen LogP contribution in [0.4, 0.5) is 4.79 Å². The molecule has 2 amide bonds. The molecule has 2 heterocycles. The van der Waals surface area contributed by atoms with Gasteiger partial charge in [-0.25, -0.2) is 4.79 Å². The Morgan fingerprint density at radius 3 is 2.64 bits per heavy atom. The topological polar surface area (TPSA) is 82.6 Å². The summed E-state index contributed by atoms with van der Waals surface area (Å²) in [4.78, 5) is 31.3. The van der Waals surface area contributed by atoms with Crippen LogP contribution in [0.2, 0.25) is 0 Å². The summed E-state index contributed by atoms with van der Waals surface area (Å²) < 4.78 is 10.9. The molecule has 3 fully saturated rings. The Hall–Kier alpha value is -2.16. The van der Waals surface area contributed by atoms with E-state index in [0.717, 1.165) is 44.3 Å². The zero-order valence-corrected chi connectivity index (χ0v) is 19.7. The van der Waals surface area contributed by atoms with Gasteiger partial charge in [-0.1, -0.05) is 30.3 Å². The number of aliphatic hydroxyl groups is 1. The second-order valence-corrected chi connectivity index (χ2v) is 9.69. The van der Waals surface area contributed by atoms with Crippen LogP contribution in [-0.4, -0.2) is 96.9 Å². The van der Waals surface area contributed by atoms with Crippen LogP contribution in [-0.2, 0) is 20.9 Å². The number of rotatable bonds is 8. The standard InChI is InChI=1S/C25H37N3O5/c1-32-19-21(7-12-26-14-11-25(9-10-25)22(29)17-26)28-16-15-27(13-8-23(28)30)24(31)33-18-20-5-3-2-4-6-20/h2-6,21-22,29H,7-19H2,1H3/t21?,22-/m1/s1. The average molecular weight is 460 g/mol. The predicted octanol–water partition coefficient (Wildman–Crippen LogP) is 2.11. The van der Waals surface area contributed by atoms with Crippen molar-refractivity contribution in [2.24, 2.45) is 5.41 Å². The third-order valence-electron chi connectivity index (χ3n) is 7.52. The minimum Gasteiger partial charge on any atom is -0.445 e. The van der Waals surface area contributed by atoms with Crippen molar-refractivity contribution in [2.75, 3.05) is 53.0 Å². The lowest BCUT2D eigenvalue weighted by Crippen LogP contribution is -2.49. The molecule has 0 radical (unpaired) electrons. The van der Waals surface area contributed by atoms with Gasteiger partial charge in [-0.05, 0) is 43.2 Å². The number of aliphatic hydroxyl groups excluding tert-OH is 1. The normalized spacial score (nSPS) is 23.9. The first kappa shape index (κ1) is 24.0. The summed E-state index contributed by atoms with van der Waals surface area (Å²) in [7, 11) is 1.66. The maximum atomic E-state index is 12.9. The van der Waals surface area contributed by atoms with Gasteiger partial charge >= 0.3 is 6.09 Å². The lowest BCUT2D eigenvalue weighted by Gasteiger charge is -2.38. The van der Waals surface area contributed by atoms with Crippen molar-refractivity contribution in [1.82, 2.24) is 14.7 Å². The van der Waals surface area contributed by atoms with Crippen LogP contribution < -0.4 is 0 Å². The molecule has 0 aromatic heterocycles. The van der Waals surface area contributed by atoms with Crippen molar-refractivity contribution in [2.45, 2.75) is 50.9 Å². The van der Waals surface area contributed by atoms with E-state index in [9.17, 15) is 14.7 Å². The molecule has 182 valence electrons. The van der Waals surface area contributed by atoms with Crippen LogP contribution in [0.1, 0.15) is 37.7 Å². The lowest BCUT2D eigenvalue weighted by molar-refractivity contribution is -0.134. The van der Waals surface area contributed by atoms with Crippen LogP contribution in [0, 0.1) is 5.41 Å². The Labute approximate surface area is 196 Å². The van der Waals surface area contributed by atoms with E-state index in [4.69, 9.17) is 9.47 Å². The van der Waals surface area contributed by atoms with Crippen LogP contribution in [0.15, 0.2) is 30.3 Å². The smallest absolute Gasteiger partial charge is 0.410 e. The first-order valence-electron chi connectivity index (χ1n) is 12.2. The maximum Gasteiger partial charge on any atom is 0.410 e. The number of hydrogen-bond acceptors (Lipinski definition) is 6. The van der Waals surface area contributed by atoms with Gasteiger partial charge in [0.15, 0.2) is 0 Å². The molecule has 1 aromatic carbocycles. The molecule has 2 saturated heterocycles. The maximum absolute atomic E-state index is 12.9. The van der Waals surface area contributed by atoms with E-state index in [-0.39, 0.29) is 42.6 Å². The van der Waals surface area contributed by atoms with Crippen molar-refractivity contribution < 1.29 is 24.2 Å². The Morgan fingerprint density at radius 1 is 1.15 bits per heavy atom. The molecule has 4 rings (SSSR count). The van der Waals surface area contributed by atoms with E-state index in [2.05, 4.69) is 4.90 Å². The van der Waals surface area contributed by atoms with Crippen molar-refractivity contribution in [3.8, 4) is 0 Å². The molecular formula is C25H37N3O5. The highest BCUT2D eigenvalue weighted by atomic mass is 16.6. The van der Waals surface area contributed by atoms with Gasteiger partial charge in [0.2, 0.25) is 5.91 Å². The highest BCUT2D eigenvalue weighted by Gasteiger charge is 2.51. The number of ether oxygens (including phenoxy) is 2. The highest BCUT2D eigenvalue weighted by Crippen LogP contribution is 2.53. The Bertz CT molecular complexity index is 800. The van der Waals surface area contributed by atoms with Gasteiger partial charge in [0, 0.05) is 46.3 Å². The van der Waals surface area contributed by atoms with Crippen molar-refractivity contribution >= 4 is 12.0 Å². The molecule has 1 saturated carbocycles. The summed E-state index contributed by atoms with van der Waals surface area (Å²) >= 11 is 0. The minimum atomic E-state index is -0.381. The van der Waals surface area contributed by atoms with Gasteiger partial charge in [0.25, 0.3) is 0 Å². The third-order valence-corrected chi connectivity index (χ3v) is 7.52. The fourth-order valence-corrected chi connectivity index (χ4v) is 5.10. The Morgan fingerprint density at radius 2 is 1.94 bits per heavy atom. The fourth-order valence-electron chi connectivity index (χ4n) is 5.10. The zero-order chi connectivity index (χ0) is 23.3. The summed E-state index contributed by atoms with van der Waals surface area (Å²) in [6.45, 7) is 4.52. The fraction of sp³-hybridized carbons (Fsp3) is 0.680. The summed E-state index contributed by atoms with van der Waals surface area (Å²) in [5.41, 5.74) is 1.14. The number of hydrogen-bond donors (Lipinski definition) is 1. The van der Waals surface area contributed by atoms with Crippen molar-refractivity contribution in [3.05, 3.63) is 35.9 Å². The number of carbonyl (C=O) groups excluding carboxylic acids is 2. The Balaban J connectivity index is 1.27. The monoisotopic (exact) mass is 459 g/mol. The number of β-amino-alcohol motifs (C(OH)–C–C–N with tert-alkyl or cyclic N) is 1. The van der Waals surface area contributed by atoms with E-state index in [1.807, 2.05) is 35.2 Å². The quantitative estimate of drug-likeness (QED) is 0.641. The van der Waals surface area contributed by atoms with Gasteiger partial charge in [-0.15, -0.1) is 0 Å². The second-order valence-electron chi connectivity index (χ2n) is 9.69. The molecule has 2 aliphatic heterocycles. The molecule has 0 bridgehead atoms. The van der Waals surface area contributed by atoms with E-state index >= 15 is 0 Å². The van der Waals surface area contributed by atoms with E-state index in [1.54, 1.807) is 12.0 Å². The number of methoxy groups -OCH3 is 1. The van der Waals surface area contributed by atoms with Gasteiger partial charge < -0.3 is 29.3 Å². The van der Waals surface area contributed by atoms with Gasteiger partial charge in [0.1, 0.15) is 6.61 Å². The number of carbonyl (C=O) groups is 2. The molecule has 8 nitrogen and oxygen atoms in total. The van der Waals surface area contributed by atoms with Crippen molar-refractivity contribution in [3.63, 3.8) is 0 Å². The predicted molar refractivity (Wildman–Crippen MR) is 124 cm³/mol. The first-order chi connectivity index (χ1) is 16.0. The summed E-state index contributed by atoms with van der Waals surface area (Å²) in [5.74, 6) is 0.0472. The zero-order valence-electron chi connectivity index (χ0n) is 19.7. The molecular weight excluding hydrogens is 422 g/mol. The number of likely N-dealkylation sites (tertiary alicyclic amines) is 1. The largest absolute Gasteiger partial charge is 0.445 e. The molecule has 1 aliphatic carbocycles. The number of nitrogens with zero attached hydrogens (tertiary/aromatic N) is 3. The van der Waals surface area contributed by atoms with Gasteiger partial charge in [-0.2, -0.15) is 0 Å². The molecule has 1 spiro atoms. The molecule has 2 atom stereocenters. The van der Waals surface area contributed by atoms with Gasteiger partial charge in [-0.3, -0.25) is 4.79 Å². The van der Waals surface area contributed by atoms with E-state index < -0.39 is 0 Å². The van der Waals surface area contributed by atoms with E-state index in [1.165, 1.54) is 0 Å². The number of piperidine rings is 1. The Kier molecular flexibility index (Phi) is 7.88. The molecule has 1 unspecified atom stereocenters. The van der Waals surface area contributed by atoms with Crippen LogP contribution in [0.3, 0.4) is 0 Å². The van der Waals surface area contributed by atoms with Crippen LogP contribution >= 0.6 is 0 Å². The summed E-state index contributed by atoms with van der Waals surface area (Å²) in [5, 5.41) is 10.5. The van der Waals surface area contributed by atoms with Gasteiger partial charge in [0.05, 0.1) is 18.8 Å². The molecule has 1 N–H and O–H groups in total. The number of benzene rings is 1. The minimum absolute atomic E-state index is 0.0447. The molecule has 8 heteroatoms. The van der Waals surface area contributed by atoms with Crippen LogP contribution in [0.25, 0.3) is 0 Å². The summed E-state index contributed by atoms with van der Waals surface area (Å²) in [6.07, 6.45) is 3.83. The summed E-state index contributed by atoms with van der Waals surface area (Å²) in [6, 6.07) is 9.54.